The van der Waals surface area contributed by atoms with E-state index in [1.165, 1.54) is 24.3 Å². The third kappa shape index (κ3) is 5.19. The van der Waals surface area contributed by atoms with Gasteiger partial charge in [0.15, 0.2) is 5.75 Å². The summed E-state index contributed by atoms with van der Waals surface area (Å²) in [5.41, 5.74) is 1.45. The van der Waals surface area contributed by atoms with Gasteiger partial charge in [-0.15, -0.1) is 0 Å². The lowest BCUT2D eigenvalue weighted by molar-refractivity contribution is -0.265. The second-order valence-corrected chi connectivity index (χ2v) is 9.97. The zero-order chi connectivity index (χ0) is 29.6. The molecule has 1 amide bonds. The minimum absolute atomic E-state index is 0.0357. The number of rotatable bonds is 8. The molecule has 0 aliphatic carbocycles. The van der Waals surface area contributed by atoms with Crippen LogP contribution in [0.5, 0.6) is 11.5 Å². The van der Waals surface area contributed by atoms with Crippen LogP contribution in [-0.4, -0.2) is 58.6 Å². The minimum atomic E-state index is -5.29. The Morgan fingerprint density at radius 3 is 2.63 bits per heavy atom. The summed E-state index contributed by atoms with van der Waals surface area (Å²) in [6.45, 7) is -0.163. The maximum Gasteiger partial charge on any atom is 0.424 e. The van der Waals surface area contributed by atoms with Crippen LogP contribution in [-0.2, 0) is 11.1 Å². The number of nitrogens with one attached hydrogen (secondary N) is 2. The van der Waals surface area contributed by atoms with Crippen molar-refractivity contribution in [3.8, 4) is 22.8 Å². The van der Waals surface area contributed by atoms with E-state index in [1.54, 1.807) is 19.2 Å². The Bertz CT molecular complexity index is 1600. The van der Waals surface area contributed by atoms with Gasteiger partial charge >= 0.3 is 6.18 Å². The van der Waals surface area contributed by atoms with E-state index in [-0.39, 0.29) is 53.7 Å². The van der Waals surface area contributed by atoms with Gasteiger partial charge in [-0.25, -0.2) is 9.37 Å². The SMILES string of the molecule is C[C@@]1(N)COc2c1cc(C(O)(CNC(=O)c1cc(OCCO)c3[nH]ccc3c1)C(F)(F)F)nc2-c1ccc(F)cc1. The molecule has 2 atom stereocenters. The molecule has 0 spiro atoms. The first-order chi connectivity index (χ1) is 19.3. The molecule has 4 aromatic rings. The van der Waals surface area contributed by atoms with E-state index in [0.29, 0.717) is 10.9 Å². The number of carbonyl (C=O) groups is 1. The number of aliphatic hydroxyl groups is 2. The van der Waals surface area contributed by atoms with Gasteiger partial charge in [-0.05, 0) is 55.5 Å². The monoisotopic (exact) mass is 574 g/mol. The molecule has 41 heavy (non-hydrogen) atoms. The highest BCUT2D eigenvalue weighted by molar-refractivity contribution is 6.00. The van der Waals surface area contributed by atoms with Gasteiger partial charge in [0.1, 0.15) is 30.5 Å². The van der Waals surface area contributed by atoms with Crippen molar-refractivity contribution < 1.29 is 42.0 Å². The maximum atomic E-state index is 14.5. The van der Waals surface area contributed by atoms with Gasteiger partial charge in [0, 0.05) is 28.3 Å². The predicted octanol–water partition coefficient (Wildman–Crippen LogP) is 3.49. The van der Waals surface area contributed by atoms with E-state index >= 15 is 0 Å². The van der Waals surface area contributed by atoms with E-state index in [2.05, 4.69) is 15.3 Å². The van der Waals surface area contributed by atoms with Crippen LogP contribution in [0.3, 0.4) is 0 Å². The predicted molar refractivity (Wildman–Crippen MR) is 140 cm³/mol. The number of hydrogen-bond acceptors (Lipinski definition) is 7. The second-order valence-electron chi connectivity index (χ2n) is 9.97. The Hall–Kier alpha value is -4.20. The zero-order valence-corrected chi connectivity index (χ0v) is 21.7. The van der Waals surface area contributed by atoms with E-state index in [9.17, 15) is 27.5 Å². The Balaban J connectivity index is 1.53. The number of hydrogen-bond donors (Lipinski definition) is 5. The first-order valence-electron chi connectivity index (χ1n) is 12.5. The second kappa shape index (κ2) is 10.3. The van der Waals surface area contributed by atoms with Crippen molar-refractivity contribution >= 4 is 16.8 Å². The molecule has 1 aliphatic heterocycles. The standard InChI is InChI=1S/C28H26F4N4O5/c1-26(33)14-41-24-19(26)12-21(36-23(24)15-2-4-18(29)5-3-15)27(39,28(30,31)32)13-35-25(38)17-10-16-6-7-34-22(16)20(11-17)40-9-8-37/h2-7,10-12,34,37,39H,8-9,13-14,33H2,1H3,(H,35,38)/t26-,27?/m1/s1. The molecule has 2 aromatic carbocycles. The first-order valence-corrected chi connectivity index (χ1v) is 12.5. The lowest BCUT2D eigenvalue weighted by Crippen LogP contribution is -2.51. The van der Waals surface area contributed by atoms with Crippen molar-refractivity contribution in [2.75, 3.05) is 26.4 Å². The highest BCUT2D eigenvalue weighted by Gasteiger charge is 2.57. The number of aromatic amines is 1. The molecule has 0 bridgehead atoms. The molecule has 0 radical (unpaired) electrons. The summed E-state index contributed by atoms with van der Waals surface area (Å²) in [7, 11) is 0. The van der Waals surface area contributed by atoms with Crippen LogP contribution in [0.25, 0.3) is 22.2 Å². The molecule has 6 N–H and O–H groups in total. The van der Waals surface area contributed by atoms with Crippen LogP contribution < -0.4 is 20.5 Å². The average Bonchev–Trinajstić information content (AvgIpc) is 3.53. The highest BCUT2D eigenvalue weighted by Crippen LogP contribution is 2.46. The van der Waals surface area contributed by atoms with E-state index < -0.39 is 41.3 Å². The van der Waals surface area contributed by atoms with Crippen molar-refractivity contribution in [1.29, 1.82) is 0 Å². The van der Waals surface area contributed by atoms with Gasteiger partial charge in [-0.1, -0.05) is 0 Å². The van der Waals surface area contributed by atoms with E-state index in [1.807, 2.05) is 0 Å². The summed E-state index contributed by atoms with van der Waals surface area (Å²) < 4.78 is 68.3. The van der Waals surface area contributed by atoms with Gasteiger partial charge in [0.2, 0.25) is 5.60 Å². The topological polar surface area (TPSA) is 143 Å². The lowest BCUT2D eigenvalue weighted by atomic mass is 9.89. The van der Waals surface area contributed by atoms with Crippen LogP contribution in [0.1, 0.15) is 28.5 Å². The van der Waals surface area contributed by atoms with Crippen molar-refractivity contribution in [2.24, 2.45) is 5.73 Å². The number of nitrogens with two attached hydrogens (primary N) is 1. The number of pyridine rings is 1. The third-order valence-corrected chi connectivity index (χ3v) is 6.85. The number of nitrogens with zero attached hydrogens (tertiary/aromatic N) is 1. The average molecular weight is 575 g/mol. The summed E-state index contributed by atoms with van der Waals surface area (Å²) in [5.74, 6) is -1.15. The molecule has 13 heteroatoms. The summed E-state index contributed by atoms with van der Waals surface area (Å²) >= 11 is 0. The number of aromatic nitrogens is 2. The fourth-order valence-electron chi connectivity index (χ4n) is 4.60. The Labute approximate surface area is 230 Å². The number of amides is 1. The maximum absolute atomic E-state index is 14.5. The van der Waals surface area contributed by atoms with Gasteiger partial charge in [-0.2, -0.15) is 13.2 Å². The third-order valence-electron chi connectivity index (χ3n) is 6.85. The number of benzene rings is 2. The zero-order valence-electron chi connectivity index (χ0n) is 21.7. The van der Waals surface area contributed by atoms with Crippen molar-refractivity contribution in [1.82, 2.24) is 15.3 Å². The molecule has 1 unspecified atom stereocenters. The number of ether oxygens (including phenoxy) is 2. The number of alkyl halides is 3. The van der Waals surface area contributed by atoms with Gasteiger partial charge < -0.3 is 35.7 Å². The largest absolute Gasteiger partial charge is 0.489 e. The van der Waals surface area contributed by atoms with Crippen molar-refractivity contribution in [3.63, 3.8) is 0 Å². The smallest absolute Gasteiger partial charge is 0.424 e. The van der Waals surface area contributed by atoms with Gasteiger partial charge in [-0.3, -0.25) is 4.79 Å². The van der Waals surface area contributed by atoms with Crippen LogP contribution in [0.2, 0.25) is 0 Å². The minimum Gasteiger partial charge on any atom is -0.489 e. The number of carbonyl (C=O) groups excluding carboxylic acids is 1. The fourth-order valence-corrected chi connectivity index (χ4v) is 4.60. The number of aliphatic hydroxyl groups excluding tert-OH is 1. The molecule has 0 fully saturated rings. The Morgan fingerprint density at radius 1 is 1.22 bits per heavy atom. The molecule has 216 valence electrons. The molecule has 2 aromatic heterocycles. The summed E-state index contributed by atoms with van der Waals surface area (Å²) in [6.07, 6.45) is -3.69. The molecular formula is C28H26F4N4O5. The van der Waals surface area contributed by atoms with Gasteiger partial charge in [0.05, 0.1) is 29.9 Å². The Morgan fingerprint density at radius 2 is 1.95 bits per heavy atom. The fraction of sp³-hybridized carbons (Fsp3) is 0.286. The summed E-state index contributed by atoms with van der Waals surface area (Å²) in [6, 6.07) is 10.3. The lowest BCUT2D eigenvalue weighted by Gasteiger charge is -2.31. The van der Waals surface area contributed by atoms with Crippen molar-refractivity contribution in [3.05, 3.63) is 77.4 Å². The van der Waals surface area contributed by atoms with E-state index in [4.69, 9.17) is 20.3 Å². The molecule has 1 aliphatic rings. The van der Waals surface area contributed by atoms with Crippen LogP contribution in [0, 0.1) is 5.82 Å². The number of halogens is 4. The van der Waals surface area contributed by atoms with Crippen LogP contribution in [0.15, 0.2) is 54.7 Å². The molecule has 5 rings (SSSR count). The molecule has 9 nitrogen and oxygen atoms in total. The first kappa shape index (κ1) is 28.3. The normalized spacial score (nSPS) is 18.0. The van der Waals surface area contributed by atoms with Crippen molar-refractivity contribution in [2.45, 2.75) is 24.2 Å². The van der Waals surface area contributed by atoms with Crippen LogP contribution >= 0.6 is 0 Å². The van der Waals surface area contributed by atoms with Gasteiger partial charge in [0.25, 0.3) is 5.91 Å². The van der Waals surface area contributed by atoms with E-state index in [0.717, 1.165) is 18.2 Å². The highest BCUT2D eigenvalue weighted by atomic mass is 19.4. The van der Waals surface area contributed by atoms with Crippen LogP contribution in [0.4, 0.5) is 17.6 Å². The Kier molecular flexibility index (Phi) is 7.14. The summed E-state index contributed by atoms with van der Waals surface area (Å²) in [5, 5.41) is 22.9. The number of fused-ring (bicyclic) bond motifs is 2. The number of H-pyrrole nitrogens is 1. The molecular weight excluding hydrogens is 548 g/mol. The molecule has 0 saturated carbocycles. The summed E-state index contributed by atoms with van der Waals surface area (Å²) in [4.78, 5) is 20.1. The molecule has 3 heterocycles. The quantitative estimate of drug-likeness (QED) is 0.203. The molecule has 0 saturated heterocycles.